The van der Waals surface area contributed by atoms with E-state index in [4.69, 9.17) is 24.3 Å². The van der Waals surface area contributed by atoms with Gasteiger partial charge in [-0.1, -0.05) is 18.2 Å². The molecule has 7 unspecified atom stereocenters. The maximum atomic E-state index is 13.8. The summed E-state index contributed by atoms with van der Waals surface area (Å²) in [5, 5.41) is 25.3. The van der Waals surface area contributed by atoms with Gasteiger partial charge in [0.2, 0.25) is 0 Å². The lowest BCUT2D eigenvalue weighted by Crippen LogP contribution is -2.39. The third-order valence-corrected chi connectivity index (χ3v) is 7.86. The predicted molar refractivity (Wildman–Crippen MR) is 130 cm³/mol. The van der Waals surface area contributed by atoms with E-state index < -0.39 is 49.9 Å². The molecule has 7 atom stereocenters. The van der Waals surface area contributed by atoms with Crippen molar-refractivity contribution in [1.29, 1.82) is 0 Å². The third kappa shape index (κ3) is 4.58. The molecule has 3 aromatic rings. The highest BCUT2D eigenvalue weighted by atomic mass is 31.2. The highest BCUT2D eigenvalue weighted by molar-refractivity contribution is 7.52. The first kappa shape index (κ1) is 25.6. The average Bonchev–Trinajstić information content (AvgIpc) is 3.11. The van der Waals surface area contributed by atoms with E-state index in [-0.39, 0.29) is 17.7 Å². The predicted octanol–water partition coefficient (Wildman–Crippen LogP) is 1.52. The highest BCUT2D eigenvalue weighted by Crippen LogP contribution is 2.61. The fraction of sp³-hybridized carbons (Fsp3) is 0.435. The Labute approximate surface area is 212 Å². The second kappa shape index (κ2) is 9.35. The van der Waals surface area contributed by atoms with E-state index in [0.29, 0.717) is 11.0 Å². The van der Waals surface area contributed by atoms with E-state index in [1.165, 1.54) is 17.8 Å². The molecule has 2 aromatic heterocycles. The van der Waals surface area contributed by atoms with Crippen LogP contribution in [0.1, 0.15) is 27.0 Å². The van der Waals surface area contributed by atoms with Gasteiger partial charge < -0.3 is 34.5 Å². The number of aromatic nitrogens is 3. The zero-order chi connectivity index (χ0) is 26.5. The molecule has 0 spiro atoms. The quantitative estimate of drug-likeness (QED) is 0.230. The van der Waals surface area contributed by atoms with Gasteiger partial charge in [-0.15, -0.1) is 0 Å². The molecule has 198 valence electrons. The van der Waals surface area contributed by atoms with Crippen molar-refractivity contribution in [3.05, 3.63) is 48.9 Å². The summed E-state index contributed by atoms with van der Waals surface area (Å²) in [6.07, 6.45) is -2.22. The van der Waals surface area contributed by atoms with Crippen molar-refractivity contribution in [3.8, 4) is 5.75 Å². The van der Waals surface area contributed by atoms with Crippen LogP contribution in [0, 0.1) is 0 Å². The number of aliphatic hydroxyl groups excluding tert-OH is 1. The van der Waals surface area contributed by atoms with Crippen molar-refractivity contribution in [1.82, 2.24) is 19.6 Å². The van der Waals surface area contributed by atoms with Crippen LogP contribution in [0.2, 0.25) is 0 Å². The van der Waals surface area contributed by atoms with E-state index in [0.717, 1.165) is 0 Å². The zero-order valence-electron chi connectivity index (χ0n) is 20.3. The first-order valence-corrected chi connectivity index (χ1v) is 13.2. The van der Waals surface area contributed by atoms with Gasteiger partial charge in [-0.2, -0.15) is 5.09 Å². The number of hydrogen-bond donors (Lipinski definition) is 4. The van der Waals surface area contributed by atoms with E-state index in [1.807, 2.05) is 0 Å². The molecule has 0 amide bonds. The number of nitrogens with one attached hydrogen (secondary N) is 1. The van der Waals surface area contributed by atoms with Crippen LogP contribution in [0.3, 0.4) is 0 Å². The number of para-hydroxylation sites is 1. The molecule has 2 fully saturated rings. The third-order valence-electron chi connectivity index (χ3n) is 6.20. The van der Waals surface area contributed by atoms with Gasteiger partial charge in [-0.3, -0.25) is 9.32 Å². The molecule has 2 aliphatic rings. The highest BCUT2D eigenvalue weighted by Gasteiger charge is 2.79. The molecule has 1 saturated carbocycles. The number of anilines is 1. The topological polar surface area (TPSA) is 180 Å². The number of benzene rings is 1. The normalized spacial score (nSPS) is 29.0. The molecule has 1 saturated heterocycles. The Morgan fingerprint density at radius 2 is 1.97 bits per heavy atom. The van der Waals surface area contributed by atoms with Crippen LogP contribution in [-0.4, -0.2) is 66.8 Å². The van der Waals surface area contributed by atoms with E-state index in [1.54, 1.807) is 56.4 Å². The van der Waals surface area contributed by atoms with Gasteiger partial charge in [-0.25, -0.2) is 14.5 Å². The molecule has 0 radical (unpaired) electrons. The maximum absolute atomic E-state index is 13.8. The van der Waals surface area contributed by atoms with Crippen molar-refractivity contribution in [2.45, 2.75) is 63.1 Å². The Balaban J connectivity index is 1.35. The van der Waals surface area contributed by atoms with Crippen LogP contribution >= 0.6 is 7.75 Å². The summed E-state index contributed by atoms with van der Waals surface area (Å²) in [7, 11) is -4.28. The fourth-order valence-electron chi connectivity index (χ4n) is 4.33. The summed E-state index contributed by atoms with van der Waals surface area (Å²) < 4.78 is 37.7. The number of fused-ring (bicyclic) bond motifs is 2. The van der Waals surface area contributed by atoms with E-state index in [9.17, 15) is 19.6 Å². The summed E-state index contributed by atoms with van der Waals surface area (Å²) in [6, 6.07) is 8.81. The first-order chi connectivity index (χ1) is 17.5. The number of nitrogens with zero attached hydrogens (tertiary/aromatic N) is 3. The fourth-order valence-corrected chi connectivity index (χ4v) is 6.04. The van der Waals surface area contributed by atoms with E-state index in [2.05, 4.69) is 15.1 Å². The lowest BCUT2D eigenvalue weighted by Gasteiger charge is -2.27. The number of ether oxygens (including phenoxy) is 2. The molecular formula is C23H28N5O8P. The van der Waals surface area contributed by atoms with Crippen LogP contribution in [0.15, 0.2) is 48.9 Å². The number of nitrogen functional groups attached to an aromatic ring is 1. The molecule has 1 aliphatic carbocycles. The van der Waals surface area contributed by atoms with Crippen LogP contribution in [0.5, 0.6) is 5.75 Å². The van der Waals surface area contributed by atoms with E-state index >= 15 is 0 Å². The second-order valence-electron chi connectivity index (χ2n) is 9.26. The summed E-state index contributed by atoms with van der Waals surface area (Å²) in [4.78, 5) is 20.5. The number of nitrogens with two attached hydrogens (primary N) is 1. The van der Waals surface area contributed by atoms with Crippen molar-refractivity contribution in [2.24, 2.45) is 0 Å². The Kier molecular flexibility index (Phi) is 6.47. The molecule has 37 heavy (non-hydrogen) atoms. The largest absolute Gasteiger partial charge is 0.462 e. The molecular weight excluding hydrogens is 505 g/mol. The summed E-state index contributed by atoms with van der Waals surface area (Å²) >= 11 is 0. The van der Waals surface area contributed by atoms with Crippen LogP contribution in [0.4, 0.5) is 5.82 Å². The number of carbonyl (C=O) groups is 1. The number of rotatable bonds is 9. The smallest absolute Gasteiger partial charge is 0.459 e. The number of aliphatic hydroxyl groups is 2. The minimum Gasteiger partial charge on any atom is -0.462 e. The lowest BCUT2D eigenvalue weighted by molar-refractivity contribution is -0.149. The minimum absolute atomic E-state index is 0.205. The lowest BCUT2D eigenvalue weighted by atomic mass is 10.1. The Morgan fingerprint density at radius 1 is 1.24 bits per heavy atom. The van der Waals surface area contributed by atoms with Crippen LogP contribution in [0.25, 0.3) is 11.0 Å². The van der Waals surface area contributed by atoms with Crippen molar-refractivity contribution in [3.63, 3.8) is 0 Å². The average molecular weight is 533 g/mol. The van der Waals surface area contributed by atoms with Gasteiger partial charge in [0, 0.05) is 6.20 Å². The van der Waals surface area contributed by atoms with Crippen LogP contribution < -0.4 is 15.3 Å². The van der Waals surface area contributed by atoms with Gasteiger partial charge in [0.1, 0.15) is 47.9 Å². The summed E-state index contributed by atoms with van der Waals surface area (Å²) in [5.74, 6) is -0.199. The molecule has 0 bridgehead atoms. The van der Waals surface area contributed by atoms with Crippen LogP contribution in [-0.2, 0) is 23.4 Å². The van der Waals surface area contributed by atoms with Gasteiger partial charge in [-0.05, 0) is 39.0 Å². The maximum Gasteiger partial charge on any atom is 0.459 e. The molecule has 1 aliphatic heterocycles. The molecule has 1 aromatic carbocycles. The van der Waals surface area contributed by atoms with Gasteiger partial charge in [0.15, 0.2) is 11.8 Å². The number of carbonyl (C=O) groups excluding carboxylic acids is 1. The summed E-state index contributed by atoms with van der Waals surface area (Å²) in [5.41, 5.74) is 4.41. The standard InChI is InChI=1S/C23H28N5O8P/c1-12(2)33-22(30)13(3)27-37(32,35-14-7-5-4-6-8-14)36-18-17-23(18,31)16(29)21(34-17)28-10-9-15-19(24)25-11-26-20(15)28/h4-13,16-18,21,29,31H,1-3H3,(H,27,32)(H2,24,25,26). The minimum atomic E-state index is -4.28. The Morgan fingerprint density at radius 3 is 2.62 bits per heavy atom. The molecule has 5 N–H and O–H groups in total. The van der Waals surface area contributed by atoms with Crippen molar-refractivity contribution >= 4 is 30.6 Å². The molecule has 5 rings (SSSR count). The number of esters is 1. The monoisotopic (exact) mass is 533 g/mol. The van der Waals surface area contributed by atoms with Gasteiger partial charge >= 0.3 is 13.7 Å². The Bertz CT molecular complexity index is 1350. The molecule has 14 heteroatoms. The van der Waals surface area contributed by atoms with Crippen molar-refractivity contribution < 1.29 is 38.1 Å². The molecule has 3 heterocycles. The first-order valence-electron chi connectivity index (χ1n) is 11.7. The molecule has 13 nitrogen and oxygen atoms in total. The number of hydrogen-bond acceptors (Lipinski definition) is 11. The second-order valence-corrected chi connectivity index (χ2v) is 10.9. The zero-order valence-corrected chi connectivity index (χ0v) is 21.2. The van der Waals surface area contributed by atoms with Gasteiger partial charge in [0.25, 0.3) is 0 Å². The van der Waals surface area contributed by atoms with Crippen molar-refractivity contribution in [2.75, 3.05) is 5.73 Å². The Hall–Kier alpha value is -3.06. The summed E-state index contributed by atoms with van der Waals surface area (Å²) in [6.45, 7) is 4.82. The van der Waals surface area contributed by atoms with Gasteiger partial charge in [0.05, 0.1) is 11.5 Å². The SMILES string of the molecule is CC(C)OC(=O)C(C)NP(=O)(Oc1ccccc1)OC1C2OC(n3ccc4c(N)ncnc43)C(O)C21O.